The van der Waals surface area contributed by atoms with Gasteiger partial charge < -0.3 is 10.2 Å². The number of sulfonamides is 1. The number of rotatable bonds is 7. The second kappa shape index (κ2) is 8.84. The standard InChI is InChI=1S/C21H22FN3O5S/c1-14(20(27)23-2)24(13-15-7-3-5-9-17(15)22)19(26)11-12-25-21(28)16-8-4-6-10-18(16)31(25,29)30/h3-10,14H,11-13H2,1-2H3,(H,23,27)/t14-/m0/s1. The predicted octanol–water partition coefficient (Wildman–Crippen LogP) is 1.52. The maximum absolute atomic E-state index is 14.1. The van der Waals surface area contributed by atoms with E-state index in [4.69, 9.17) is 0 Å². The Kier molecular flexibility index (Phi) is 6.40. The van der Waals surface area contributed by atoms with Crippen molar-refractivity contribution in [1.82, 2.24) is 14.5 Å². The first-order valence-corrected chi connectivity index (χ1v) is 11.0. The molecule has 2 aromatic rings. The Balaban J connectivity index is 1.80. The highest BCUT2D eigenvalue weighted by molar-refractivity contribution is 7.90. The van der Waals surface area contributed by atoms with Crippen molar-refractivity contribution in [2.75, 3.05) is 13.6 Å². The molecule has 10 heteroatoms. The van der Waals surface area contributed by atoms with Crippen LogP contribution in [0.25, 0.3) is 0 Å². The number of likely N-dealkylation sites (N-methyl/N-ethyl adjacent to an activating group) is 1. The number of nitrogens with one attached hydrogen (secondary N) is 1. The van der Waals surface area contributed by atoms with Crippen LogP contribution in [0.1, 0.15) is 29.3 Å². The van der Waals surface area contributed by atoms with Gasteiger partial charge in [0, 0.05) is 32.1 Å². The SMILES string of the molecule is CNC(=O)[C@H](C)N(Cc1ccccc1F)C(=O)CCN1C(=O)c2ccccc2S1(=O)=O. The molecule has 0 saturated heterocycles. The molecule has 1 aliphatic heterocycles. The summed E-state index contributed by atoms with van der Waals surface area (Å²) in [5.41, 5.74) is 0.265. The maximum Gasteiger partial charge on any atom is 0.269 e. The van der Waals surface area contributed by atoms with E-state index >= 15 is 0 Å². The number of benzene rings is 2. The number of hydrogen-bond acceptors (Lipinski definition) is 5. The van der Waals surface area contributed by atoms with Gasteiger partial charge >= 0.3 is 0 Å². The van der Waals surface area contributed by atoms with Crippen molar-refractivity contribution < 1.29 is 27.2 Å². The third-order valence-corrected chi connectivity index (χ3v) is 6.99. The largest absolute Gasteiger partial charge is 0.357 e. The number of carbonyl (C=O) groups excluding carboxylic acids is 3. The Morgan fingerprint density at radius 3 is 2.42 bits per heavy atom. The van der Waals surface area contributed by atoms with Gasteiger partial charge in [0.15, 0.2) is 0 Å². The molecule has 0 bridgehead atoms. The van der Waals surface area contributed by atoms with Gasteiger partial charge in [-0.15, -0.1) is 0 Å². The summed E-state index contributed by atoms with van der Waals surface area (Å²) < 4.78 is 40.1. The number of hydrogen-bond donors (Lipinski definition) is 1. The van der Waals surface area contributed by atoms with Crippen molar-refractivity contribution in [1.29, 1.82) is 0 Å². The van der Waals surface area contributed by atoms with Crippen LogP contribution >= 0.6 is 0 Å². The lowest BCUT2D eigenvalue weighted by Crippen LogP contribution is -2.47. The van der Waals surface area contributed by atoms with E-state index < -0.39 is 39.6 Å². The van der Waals surface area contributed by atoms with Crippen LogP contribution in [0.3, 0.4) is 0 Å². The fraction of sp³-hybridized carbons (Fsp3) is 0.286. The quantitative estimate of drug-likeness (QED) is 0.693. The summed E-state index contributed by atoms with van der Waals surface area (Å²) in [5, 5.41) is 2.44. The maximum atomic E-state index is 14.1. The van der Waals surface area contributed by atoms with E-state index in [-0.39, 0.29) is 35.5 Å². The van der Waals surface area contributed by atoms with Crippen LogP contribution in [0.15, 0.2) is 53.4 Å². The minimum Gasteiger partial charge on any atom is -0.357 e. The zero-order chi connectivity index (χ0) is 22.8. The van der Waals surface area contributed by atoms with Crippen LogP contribution in [0.5, 0.6) is 0 Å². The zero-order valence-electron chi connectivity index (χ0n) is 17.0. The molecule has 0 radical (unpaired) electrons. The molecule has 1 atom stereocenters. The molecule has 3 amide bonds. The normalized spacial score (nSPS) is 15.3. The molecule has 1 aliphatic rings. The number of halogens is 1. The Bertz CT molecular complexity index is 1140. The van der Waals surface area contributed by atoms with Gasteiger partial charge in [-0.3, -0.25) is 14.4 Å². The summed E-state index contributed by atoms with van der Waals surface area (Å²) in [6.45, 7) is 0.926. The molecule has 31 heavy (non-hydrogen) atoms. The highest BCUT2D eigenvalue weighted by atomic mass is 32.2. The molecular weight excluding hydrogens is 425 g/mol. The van der Waals surface area contributed by atoms with Crippen LogP contribution in [-0.4, -0.2) is 55.0 Å². The summed E-state index contributed by atoms with van der Waals surface area (Å²) in [6.07, 6.45) is -0.352. The lowest BCUT2D eigenvalue weighted by Gasteiger charge is -2.29. The Morgan fingerprint density at radius 2 is 1.77 bits per heavy atom. The third-order valence-electron chi connectivity index (χ3n) is 5.15. The van der Waals surface area contributed by atoms with Gasteiger partial charge in [-0.05, 0) is 25.1 Å². The molecule has 3 rings (SSSR count). The van der Waals surface area contributed by atoms with Gasteiger partial charge in [0.2, 0.25) is 11.8 Å². The molecule has 0 fully saturated rings. The molecular formula is C21H22FN3O5S. The van der Waals surface area contributed by atoms with Crippen molar-refractivity contribution in [3.63, 3.8) is 0 Å². The number of fused-ring (bicyclic) bond motifs is 1. The number of nitrogens with zero attached hydrogens (tertiary/aromatic N) is 2. The summed E-state index contributed by atoms with van der Waals surface area (Å²) in [4.78, 5) is 38.7. The topological polar surface area (TPSA) is 104 Å². The molecule has 2 aromatic carbocycles. The first-order valence-electron chi connectivity index (χ1n) is 9.59. The van der Waals surface area contributed by atoms with E-state index in [1.54, 1.807) is 12.1 Å². The number of carbonyl (C=O) groups is 3. The summed E-state index contributed by atoms with van der Waals surface area (Å²) >= 11 is 0. The molecule has 164 valence electrons. The second-order valence-corrected chi connectivity index (χ2v) is 8.86. The predicted molar refractivity (Wildman–Crippen MR) is 110 cm³/mol. The van der Waals surface area contributed by atoms with Gasteiger partial charge in [-0.2, -0.15) is 0 Å². The fourth-order valence-corrected chi connectivity index (χ4v) is 4.96. The number of amides is 3. The molecule has 0 unspecified atom stereocenters. The fourth-order valence-electron chi connectivity index (χ4n) is 3.39. The van der Waals surface area contributed by atoms with E-state index in [1.807, 2.05) is 0 Å². The Labute approximate surface area is 179 Å². The van der Waals surface area contributed by atoms with Crippen LogP contribution in [0.4, 0.5) is 4.39 Å². The first kappa shape index (κ1) is 22.4. The smallest absolute Gasteiger partial charge is 0.269 e. The Hall–Kier alpha value is -3.27. The Morgan fingerprint density at radius 1 is 1.13 bits per heavy atom. The average molecular weight is 447 g/mol. The van der Waals surface area contributed by atoms with Crippen LogP contribution in [-0.2, 0) is 26.2 Å². The van der Waals surface area contributed by atoms with E-state index in [0.717, 1.165) is 4.90 Å². The average Bonchev–Trinajstić information content (AvgIpc) is 2.96. The second-order valence-electron chi connectivity index (χ2n) is 7.03. The van der Waals surface area contributed by atoms with Gasteiger partial charge in [0.25, 0.3) is 15.9 Å². The third kappa shape index (κ3) is 4.29. The lowest BCUT2D eigenvalue weighted by atomic mass is 10.1. The molecule has 0 saturated carbocycles. The summed E-state index contributed by atoms with van der Waals surface area (Å²) in [5.74, 6) is -2.28. The minimum absolute atomic E-state index is 0.0527. The minimum atomic E-state index is -4.05. The highest BCUT2D eigenvalue weighted by Crippen LogP contribution is 2.30. The van der Waals surface area contributed by atoms with Crippen molar-refractivity contribution >= 4 is 27.7 Å². The summed E-state index contributed by atoms with van der Waals surface area (Å²) in [6, 6.07) is 10.7. The van der Waals surface area contributed by atoms with E-state index in [1.165, 1.54) is 50.4 Å². The lowest BCUT2D eigenvalue weighted by molar-refractivity contribution is -0.140. The van der Waals surface area contributed by atoms with Crippen LogP contribution in [0.2, 0.25) is 0 Å². The first-order chi connectivity index (χ1) is 14.7. The van der Waals surface area contributed by atoms with Gasteiger partial charge in [0.05, 0.1) is 5.56 Å². The van der Waals surface area contributed by atoms with Gasteiger partial charge in [0.1, 0.15) is 16.8 Å². The van der Waals surface area contributed by atoms with E-state index in [9.17, 15) is 27.2 Å². The monoisotopic (exact) mass is 447 g/mol. The molecule has 0 spiro atoms. The van der Waals surface area contributed by atoms with Crippen molar-refractivity contribution in [2.24, 2.45) is 0 Å². The zero-order valence-corrected chi connectivity index (χ0v) is 17.9. The molecule has 0 aromatic heterocycles. The van der Waals surface area contributed by atoms with Gasteiger partial charge in [-0.25, -0.2) is 17.1 Å². The van der Waals surface area contributed by atoms with E-state index in [2.05, 4.69) is 5.32 Å². The highest BCUT2D eigenvalue weighted by Gasteiger charge is 2.41. The summed E-state index contributed by atoms with van der Waals surface area (Å²) in [7, 11) is -2.64. The molecule has 0 aliphatic carbocycles. The van der Waals surface area contributed by atoms with Crippen molar-refractivity contribution in [3.05, 3.63) is 65.5 Å². The van der Waals surface area contributed by atoms with Gasteiger partial charge in [-0.1, -0.05) is 30.3 Å². The van der Waals surface area contributed by atoms with Crippen LogP contribution in [0, 0.1) is 5.82 Å². The molecule has 1 N–H and O–H groups in total. The van der Waals surface area contributed by atoms with Crippen LogP contribution < -0.4 is 5.32 Å². The molecule has 1 heterocycles. The molecule has 8 nitrogen and oxygen atoms in total. The van der Waals surface area contributed by atoms with E-state index in [0.29, 0.717) is 4.31 Å². The van der Waals surface area contributed by atoms with Crippen molar-refractivity contribution in [2.45, 2.75) is 30.8 Å². The van der Waals surface area contributed by atoms with Crippen molar-refractivity contribution in [3.8, 4) is 0 Å².